The Morgan fingerprint density at radius 2 is 0.810 bits per heavy atom. The number of allylic oxidation sites excluding steroid dienone is 2. The lowest BCUT2D eigenvalue weighted by Crippen LogP contribution is -2.45. The quantitative estimate of drug-likeness (QED) is 0.0323. The smallest absolute Gasteiger partial charge is 0.305 e. The molecule has 58 heavy (non-hydrogen) atoms. The summed E-state index contributed by atoms with van der Waals surface area (Å²) in [6.45, 7) is 4.92. The van der Waals surface area contributed by atoms with Crippen LogP contribution in [0.1, 0.15) is 284 Å². The third kappa shape index (κ3) is 44.2. The van der Waals surface area contributed by atoms with E-state index in [9.17, 15) is 19.8 Å². The number of aliphatic hydroxyl groups excluding tert-OH is 2. The summed E-state index contributed by atoms with van der Waals surface area (Å²) in [7, 11) is 0. The lowest BCUT2D eigenvalue weighted by atomic mass is 10.0. The maximum atomic E-state index is 12.4. The van der Waals surface area contributed by atoms with E-state index in [-0.39, 0.29) is 18.5 Å². The molecule has 0 rings (SSSR count). The Morgan fingerprint density at radius 3 is 1.22 bits per heavy atom. The van der Waals surface area contributed by atoms with Gasteiger partial charge in [-0.05, 0) is 51.4 Å². The van der Waals surface area contributed by atoms with Gasteiger partial charge in [-0.25, -0.2) is 0 Å². The second-order valence-corrected chi connectivity index (χ2v) is 17.9. The van der Waals surface area contributed by atoms with Crippen LogP contribution in [0.25, 0.3) is 0 Å². The van der Waals surface area contributed by atoms with E-state index in [1.807, 2.05) is 0 Å². The molecule has 0 spiro atoms. The molecule has 1 amide bonds. The lowest BCUT2D eigenvalue weighted by Gasteiger charge is -2.22. The zero-order chi connectivity index (χ0) is 42.3. The average molecular weight is 820 g/mol. The van der Waals surface area contributed by atoms with Gasteiger partial charge in [-0.15, -0.1) is 0 Å². The van der Waals surface area contributed by atoms with Gasteiger partial charge in [-0.1, -0.05) is 231 Å². The van der Waals surface area contributed by atoms with Crippen molar-refractivity contribution in [2.45, 2.75) is 296 Å². The topological polar surface area (TPSA) is 95.9 Å². The van der Waals surface area contributed by atoms with Crippen molar-refractivity contribution in [1.29, 1.82) is 0 Å². The van der Waals surface area contributed by atoms with Crippen LogP contribution in [0.3, 0.4) is 0 Å². The summed E-state index contributed by atoms with van der Waals surface area (Å²) in [4.78, 5) is 24.4. The van der Waals surface area contributed by atoms with Crippen molar-refractivity contribution in [3.05, 3.63) is 12.2 Å². The fourth-order valence-electron chi connectivity index (χ4n) is 8.05. The highest BCUT2D eigenvalue weighted by atomic mass is 16.5. The fourth-order valence-corrected chi connectivity index (χ4v) is 8.05. The van der Waals surface area contributed by atoms with E-state index in [4.69, 9.17) is 4.74 Å². The number of amides is 1. The van der Waals surface area contributed by atoms with Gasteiger partial charge in [-0.2, -0.15) is 0 Å². The fraction of sp³-hybridized carbons (Fsp3) is 0.923. The standard InChI is InChI=1S/C52H101NO5/c1-3-5-7-9-11-13-15-16-22-26-30-34-38-42-46-52(57)58-47-43-39-35-31-27-23-20-18-17-19-21-25-29-33-37-41-45-51(56)53-49(48-54)50(55)44-40-36-32-28-24-14-12-10-8-6-4-2/h17,19,49-50,54-55H,3-16,18,20-48H2,1-2H3,(H,53,56)/b19-17-. The first kappa shape index (κ1) is 56.6. The van der Waals surface area contributed by atoms with Crippen molar-refractivity contribution in [2.75, 3.05) is 13.2 Å². The molecule has 0 aliphatic carbocycles. The first-order valence-electron chi connectivity index (χ1n) is 25.9. The molecule has 0 heterocycles. The highest BCUT2D eigenvalue weighted by molar-refractivity contribution is 5.76. The van der Waals surface area contributed by atoms with E-state index in [0.29, 0.717) is 25.9 Å². The number of ether oxygens (including phenoxy) is 1. The van der Waals surface area contributed by atoms with Gasteiger partial charge in [0.15, 0.2) is 0 Å². The van der Waals surface area contributed by atoms with Crippen molar-refractivity contribution in [1.82, 2.24) is 5.32 Å². The zero-order valence-corrected chi connectivity index (χ0v) is 39.0. The van der Waals surface area contributed by atoms with Crippen molar-refractivity contribution in [3.8, 4) is 0 Å². The maximum absolute atomic E-state index is 12.4. The average Bonchev–Trinajstić information content (AvgIpc) is 3.22. The van der Waals surface area contributed by atoms with E-state index >= 15 is 0 Å². The van der Waals surface area contributed by atoms with Crippen LogP contribution in [0.2, 0.25) is 0 Å². The van der Waals surface area contributed by atoms with Crippen LogP contribution in [0.4, 0.5) is 0 Å². The number of esters is 1. The number of unbranched alkanes of at least 4 members (excludes halogenated alkanes) is 35. The minimum absolute atomic E-state index is 0.000616. The summed E-state index contributed by atoms with van der Waals surface area (Å²) in [5.41, 5.74) is 0. The van der Waals surface area contributed by atoms with Gasteiger partial charge in [0.2, 0.25) is 5.91 Å². The van der Waals surface area contributed by atoms with Crippen LogP contribution in [-0.2, 0) is 14.3 Å². The Labute approximate surface area is 361 Å². The number of aliphatic hydroxyl groups is 2. The molecule has 0 aromatic heterocycles. The second kappa shape index (κ2) is 48.3. The van der Waals surface area contributed by atoms with E-state index in [0.717, 1.165) is 64.2 Å². The van der Waals surface area contributed by atoms with Gasteiger partial charge in [0, 0.05) is 12.8 Å². The molecule has 0 bridgehead atoms. The van der Waals surface area contributed by atoms with E-state index in [1.165, 1.54) is 186 Å². The molecule has 3 N–H and O–H groups in total. The zero-order valence-electron chi connectivity index (χ0n) is 39.0. The largest absolute Gasteiger partial charge is 0.466 e. The van der Waals surface area contributed by atoms with E-state index in [1.54, 1.807) is 0 Å². The maximum Gasteiger partial charge on any atom is 0.305 e. The highest BCUT2D eigenvalue weighted by Gasteiger charge is 2.20. The minimum Gasteiger partial charge on any atom is -0.466 e. The van der Waals surface area contributed by atoms with E-state index in [2.05, 4.69) is 31.3 Å². The Kier molecular flexibility index (Phi) is 47.1. The number of rotatable bonds is 48. The Balaban J connectivity index is 3.44. The predicted octanol–water partition coefficient (Wildman–Crippen LogP) is 15.3. The molecule has 2 atom stereocenters. The molecular formula is C52H101NO5. The van der Waals surface area contributed by atoms with Crippen LogP contribution in [0, 0.1) is 0 Å². The molecule has 0 aromatic rings. The van der Waals surface area contributed by atoms with Gasteiger partial charge < -0.3 is 20.3 Å². The summed E-state index contributed by atoms with van der Waals surface area (Å²) in [5.74, 6) is -0.0533. The van der Waals surface area contributed by atoms with Crippen molar-refractivity contribution in [3.63, 3.8) is 0 Å². The van der Waals surface area contributed by atoms with Gasteiger partial charge in [0.05, 0.1) is 25.4 Å². The van der Waals surface area contributed by atoms with Crippen LogP contribution in [0.15, 0.2) is 12.2 Å². The first-order valence-corrected chi connectivity index (χ1v) is 25.9. The number of carbonyl (C=O) groups excluding carboxylic acids is 2. The molecule has 0 aromatic carbocycles. The molecule has 0 fully saturated rings. The first-order chi connectivity index (χ1) is 28.5. The molecule has 0 aliphatic rings. The molecule has 0 radical (unpaired) electrons. The van der Waals surface area contributed by atoms with Crippen molar-refractivity contribution >= 4 is 11.9 Å². The number of hydrogen-bond donors (Lipinski definition) is 3. The number of nitrogens with one attached hydrogen (secondary N) is 1. The SMILES string of the molecule is CCCCCCCCCCCCCCCCC(=O)OCCCCCCCCC/C=C\CCCCCCCC(=O)NC(CO)C(O)CCCCCCCCCCCCC. The highest BCUT2D eigenvalue weighted by Crippen LogP contribution is 2.16. The van der Waals surface area contributed by atoms with Crippen molar-refractivity contribution < 1.29 is 24.5 Å². The third-order valence-electron chi connectivity index (χ3n) is 12.1. The molecule has 344 valence electrons. The van der Waals surface area contributed by atoms with Crippen molar-refractivity contribution in [2.24, 2.45) is 0 Å². The minimum atomic E-state index is -0.672. The molecular weight excluding hydrogens is 719 g/mol. The third-order valence-corrected chi connectivity index (χ3v) is 12.1. The van der Waals surface area contributed by atoms with Gasteiger partial charge in [0.25, 0.3) is 0 Å². The van der Waals surface area contributed by atoms with Crippen LogP contribution in [0.5, 0.6) is 0 Å². The van der Waals surface area contributed by atoms with Gasteiger partial charge in [-0.3, -0.25) is 9.59 Å². The van der Waals surface area contributed by atoms with E-state index < -0.39 is 12.1 Å². The number of hydrogen-bond acceptors (Lipinski definition) is 5. The van der Waals surface area contributed by atoms with Crippen LogP contribution < -0.4 is 5.32 Å². The molecule has 6 heteroatoms. The monoisotopic (exact) mass is 820 g/mol. The Bertz CT molecular complexity index is 863. The summed E-state index contributed by atoms with van der Waals surface area (Å²) < 4.78 is 5.46. The van der Waals surface area contributed by atoms with Crippen LogP contribution >= 0.6 is 0 Å². The molecule has 2 unspecified atom stereocenters. The van der Waals surface area contributed by atoms with Gasteiger partial charge >= 0.3 is 5.97 Å². The Hall–Kier alpha value is -1.40. The Morgan fingerprint density at radius 1 is 0.466 bits per heavy atom. The molecule has 0 saturated carbocycles. The number of carbonyl (C=O) groups is 2. The molecule has 0 saturated heterocycles. The van der Waals surface area contributed by atoms with Crippen LogP contribution in [-0.4, -0.2) is 47.4 Å². The second-order valence-electron chi connectivity index (χ2n) is 17.9. The van der Waals surface area contributed by atoms with Gasteiger partial charge in [0.1, 0.15) is 0 Å². The summed E-state index contributed by atoms with van der Waals surface area (Å²) >= 11 is 0. The normalized spacial score (nSPS) is 12.7. The molecule has 6 nitrogen and oxygen atoms in total. The summed E-state index contributed by atoms with van der Waals surface area (Å²) in [5, 5.41) is 23.1. The predicted molar refractivity (Wildman–Crippen MR) is 250 cm³/mol. The lowest BCUT2D eigenvalue weighted by molar-refractivity contribution is -0.143. The summed E-state index contributed by atoms with van der Waals surface area (Å²) in [6.07, 6.45) is 54.7. The molecule has 0 aliphatic heterocycles. The summed E-state index contributed by atoms with van der Waals surface area (Å²) in [6, 6.07) is -0.551.